The van der Waals surface area contributed by atoms with Crippen molar-refractivity contribution in [2.45, 2.75) is 6.92 Å². The number of carbonyl (C=O) groups excluding carboxylic acids is 1. The molecule has 0 aromatic heterocycles. The number of rotatable bonds is 5. The van der Waals surface area contributed by atoms with Gasteiger partial charge in [0.2, 0.25) is 0 Å². The summed E-state index contributed by atoms with van der Waals surface area (Å²) in [7, 11) is 0. The van der Waals surface area contributed by atoms with E-state index in [1.165, 1.54) is 6.21 Å². The van der Waals surface area contributed by atoms with Crippen LogP contribution >= 0.6 is 38.5 Å². The molecule has 0 unspecified atom stereocenters. The smallest absolute Gasteiger partial charge is 0.271 e. The van der Waals surface area contributed by atoms with Gasteiger partial charge in [0, 0.05) is 10.0 Å². The van der Waals surface area contributed by atoms with E-state index in [1.54, 1.807) is 36.4 Å². The number of nitrogens with zero attached hydrogens (tertiary/aromatic N) is 1. The third-order valence-corrected chi connectivity index (χ3v) is 4.19. The SMILES string of the molecule is CCOc1cc(/C=N/NC(=O)c2ccc(Br)cc2)cc(I)c1O. The Balaban J connectivity index is 2.08. The van der Waals surface area contributed by atoms with E-state index in [4.69, 9.17) is 4.74 Å². The van der Waals surface area contributed by atoms with E-state index in [-0.39, 0.29) is 11.7 Å². The molecule has 0 spiro atoms. The number of halogens is 2. The molecule has 1 amide bonds. The van der Waals surface area contributed by atoms with E-state index >= 15 is 0 Å². The number of phenolic OH excluding ortho intramolecular Hbond substituents is 1. The molecule has 0 fully saturated rings. The second kappa shape index (κ2) is 8.30. The standard InChI is InChI=1S/C16H14BrIN2O3/c1-2-23-14-8-10(7-13(18)15(14)21)9-19-20-16(22)11-3-5-12(17)6-4-11/h3-9,21H,2H2,1H3,(H,20,22)/b19-9+. The largest absolute Gasteiger partial charge is 0.504 e. The second-order valence-corrected chi connectivity index (χ2v) is 6.57. The Morgan fingerprint density at radius 3 is 2.74 bits per heavy atom. The van der Waals surface area contributed by atoms with E-state index in [1.807, 2.05) is 29.5 Å². The van der Waals surface area contributed by atoms with Crippen molar-refractivity contribution in [2.75, 3.05) is 6.61 Å². The van der Waals surface area contributed by atoms with Gasteiger partial charge in [-0.1, -0.05) is 15.9 Å². The van der Waals surface area contributed by atoms with Crippen LogP contribution in [0.5, 0.6) is 11.5 Å². The van der Waals surface area contributed by atoms with E-state index in [9.17, 15) is 9.90 Å². The fourth-order valence-corrected chi connectivity index (χ4v) is 2.65. The summed E-state index contributed by atoms with van der Waals surface area (Å²) in [6.45, 7) is 2.29. The zero-order chi connectivity index (χ0) is 16.8. The molecule has 0 radical (unpaired) electrons. The fourth-order valence-electron chi connectivity index (χ4n) is 1.77. The first-order valence-electron chi connectivity index (χ1n) is 6.75. The number of phenols is 1. The molecule has 0 aliphatic carbocycles. The van der Waals surface area contributed by atoms with Crippen LogP contribution in [-0.4, -0.2) is 23.8 Å². The van der Waals surface area contributed by atoms with Crippen LogP contribution < -0.4 is 10.2 Å². The van der Waals surface area contributed by atoms with Crippen LogP contribution in [0.15, 0.2) is 46.0 Å². The Hall–Kier alpha value is -1.61. The van der Waals surface area contributed by atoms with Crippen molar-refractivity contribution >= 4 is 50.6 Å². The summed E-state index contributed by atoms with van der Waals surface area (Å²) in [6.07, 6.45) is 1.50. The normalized spacial score (nSPS) is 10.7. The maximum absolute atomic E-state index is 11.9. The van der Waals surface area contributed by atoms with Crippen LogP contribution in [0.3, 0.4) is 0 Å². The first kappa shape index (κ1) is 17.7. The highest BCUT2D eigenvalue weighted by atomic mass is 127. The molecule has 2 N–H and O–H groups in total. The number of ether oxygens (including phenoxy) is 1. The molecule has 0 heterocycles. The van der Waals surface area contributed by atoms with Gasteiger partial charge in [-0.25, -0.2) is 5.43 Å². The van der Waals surface area contributed by atoms with Crippen molar-refractivity contribution in [2.24, 2.45) is 5.10 Å². The van der Waals surface area contributed by atoms with Crippen molar-refractivity contribution in [3.05, 3.63) is 55.6 Å². The fraction of sp³-hybridized carbons (Fsp3) is 0.125. The number of nitrogens with one attached hydrogen (secondary N) is 1. The van der Waals surface area contributed by atoms with Crippen LogP contribution in [0.1, 0.15) is 22.8 Å². The van der Waals surface area contributed by atoms with E-state index in [0.717, 1.165) is 4.47 Å². The van der Waals surface area contributed by atoms with Gasteiger partial charge < -0.3 is 9.84 Å². The summed E-state index contributed by atoms with van der Waals surface area (Å²) in [5.74, 6) is 0.191. The molecule has 2 aromatic rings. The van der Waals surface area contributed by atoms with Crippen molar-refractivity contribution in [3.8, 4) is 11.5 Å². The topological polar surface area (TPSA) is 70.9 Å². The summed E-state index contributed by atoms with van der Waals surface area (Å²) in [5.41, 5.74) is 3.69. The summed E-state index contributed by atoms with van der Waals surface area (Å²) in [6, 6.07) is 10.4. The zero-order valence-electron chi connectivity index (χ0n) is 12.2. The van der Waals surface area contributed by atoms with Crippen molar-refractivity contribution in [1.82, 2.24) is 5.43 Å². The Morgan fingerprint density at radius 1 is 1.39 bits per heavy atom. The first-order valence-corrected chi connectivity index (χ1v) is 8.62. The Kier molecular flexibility index (Phi) is 6.40. The molecule has 0 bridgehead atoms. The highest BCUT2D eigenvalue weighted by Gasteiger charge is 2.08. The van der Waals surface area contributed by atoms with Crippen LogP contribution in [0, 0.1) is 3.57 Å². The van der Waals surface area contributed by atoms with Crippen LogP contribution in [0.4, 0.5) is 0 Å². The molecular formula is C16H14BrIN2O3. The number of benzene rings is 2. The summed E-state index contributed by atoms with van der Waals surface area (Å²) < 4.78 is 6.91. The van der Waals surface area contributed by atoms with Crippen LogP contribution in [0.25, 0.3) is 0 Å². The lowest BCUT2D eigenvalue weighted by molar-refractivity contribution is 0.0955. The van der Waals surface area contributed by atoms with Gasteiger partial charge in [0.1, 0.15) is 0 Å². The third kappa shape index (κ3) is 4.93. The summed E-state index contributed by atoms with van der Waals surface area (Å²) >= 11 is 5.32. The van der Waals surface area contributed by atoms with Crippen LogP contribution in [-0.2, 0) is 0 Å². The van der Waals surface area contributed by atoms with Crippen LogP contribution in [0.2, 0.25) is 0 Å². The zero-order valence-corrected chi connectivity index (χ0v) is 16.0. The third-order valence-electron chi connectivity index (χ3n) is 2.84. The minimum Gasteiger partial charge on any atom is -0.504 e. The Morgan fingerprint density at radius 2 is 2.09 bits per heavy atom. The van der Waals surface area contributed by atoms with Gasteiger partial charge in [0.05, 0.1) is 16.4 Å². The molecule has 23 heavy (non-hydrogen) atoms. The molecule has 0 atom stereocenters. The van der Waals surface area contributed by atoms with Crippen molar-refractivity contribution in [3.63, 3.8) is 0 Å². The number of amides is 1. The summed E-state index contributed by atoms with van der Waals surface area (Å²) in [4.78, 5) is 11.9. The molecule has 5 nitrogen and oxygen atoms in total. The molecule has 2 rings (SSSR count). The number of carbonyl (C=O) groups is 1. The average molecular weight is 489 g/mol. The lowest BCUT2D eigenvalue weighted by atomic mass is 10.2. The van der Waals surface area contributed by atoms with Crippen molar-refractivity contribution in [1.29, 1.82) is 0 Å². The predicted molar refractivity (Wildman–Crippen MR) is 101 cm³/mol. The van der Waals surface area contributed by atoms with E-state index in [2.05, 4.69) is 26.5 Å². The lowest BCUT2D eigenvalue weighted by Crippen LogP contribution is -2.17. The van der Waals surface area contributed by atoms with Gasteiger partial charge in [-0.05, 0) is 71.5 Å². The molecule has 0 aliphatic rings. The quantitative estimate of drug-likeness (QED) is 0.380. The Labute approximate surface area is 156 Å². The molecular weight excluding hydrogens is 475 g/mol. The van der Waals surface area contributed by atoms with Crippen molar-refractivity contribution < 1.29 is 14.6 Å². The second-order valence-electron chi connectivity index (χ2n) is 4.49. The Bertz CT molecular complexity index is 733. The highest BCUT2D eigenvalue weighted by molar-refractivity contribution is 14.1. The number of hydrogen-bond acceptors (Lipinski definition) is 4. The van der Waals surface area contributed by atoms with Gasteiger partial charge in [0.25, 0.3) is 5.91 Å². The van der Waals surface area contributed by atoms with Gasteiger partial charge >= 0.3 is 0 Å². The maximum Gasteiger partial charge on any atom is 0.271 e. The van der Waals surface area contributed by atoms with E-state index < -0.39 is 0 Å². The number of aromatic hydroxyl groups is 1. The maximum atomic E-state index is 11.9. The molecule has 0 saturated heterocycles. The molecule has 7 heteroatoms. The van der Waals surface area contributed by atoms with Gasteiger partial charge in [0.15, 0.2) is 11.5 Å². The number of hydrazone groups is 1. The molecule has 120 valence electrons. The first-order chi connectivity index (χ1) is 11.0. The minimum absolute atomic E-state index is 0.100. The van der Waals surface area contributed by atoms with E-state index in [0.29, 0.717) is 27.1 Å². The van der Waals surface area contributed by atoms with Gasteiger partial charge in [-0.2, -0.15) is 5.10 Å². The predicted octanol–water partition coefficient (Wildman–Crippen LogP) is 3.92. The van der Waals surface area contributed by atoms with Gasteiger partial charge in [-0.3, -0.25) is 4.79 Å². The minimum atomic E-state index is -0.299. The average Bonchev–Trinajstić information content (AvgIpc) is 2.53. The molecule has 0 saturated carbocycles. The molecule has 2 aromatic carbocycles. The van der Waals surface area contributed by atoms with Gasteiger partial charge in [-0.15, -0.1) is 0 Å². The molecule has 0 aliphatic heterocycles. The lowest BCUT2D eigenvalue weighted by Gasteiger charge is -2.08. The highest BCUT2D eigenvalue weighted by Crippen LogP contribution is 2.32. The monoisotopic (exact) mass is 488 g/mol. The summed E-state index contributed by atoms with van der Waals surface area (Å²) in [5, 5.41) is 13.8. The number of hydrogen-bond donors (Lipinski definition) is 2.